The van der Waals surface area contributed by atoms with Gasteiger partial charge < -0.3 is 14.7 Å². The Morgan fingerprint density at radius 3 is 2.74 bits per heavy atom. The molecule has 7 heteroatoms. The summed E-state index contributed by atoms with van der Waals surface area (Å²) in [7, 11) is 1.63. The van der Waals surface area contributed by atoms with Crippen LogP contribution in [0.25, 0.3) is 0 Å². The van der Waals surface area contributed by atoms with E-state index in [1.54, 1.807) is 7.05 Å². The summed E-state index contributed by atoms with van der Waals surface area (Å²) in [6.07, 6.45) is 1.66. The zero-order chi connectivity index (χ0) is 13.9. The molecule has 2 aliphatic heterocycles. The Kier molecular flexibility index (Phi) is 4.16. The number of hydrogen-bond acceptors (Lipinski definition) is 5. The maximum atomic E-state index is 12.1. The topological polar surface area (TPSA) is 91.2 Å². The average Bonchev–Trinajstić information content (AvgIpc) is 2.39. The van der Waals surface area contributed by atoms with Gasteiger partial charge in [-0.3, -0.25) is 9.59 Å². The third-order valence-corrected chi connectivity index (χ3v) is 3.45. The van der Waals surface area contributed by atoms with Gasteiger partial charge in [0, 0.05) is 52.5 Å². The normalized spacial score (nSPS) is 22.4. The van der Waals surface area contributed by atoms with E-state index in [9.17, 15) is 14.7 Å². The van der Waals surface area contributed by atoms with Gasteiger partial charge in [-0.1, -0.05) is 0 Å². The molecule has 0 aliphatic carbocycles. The van der Waals surface area contributed by atoms with Crippen molar-refractivity contribution in [2.24, 2.45) is 5.10 Å². The van der Waals surface area contributed by atoms with Crippen LogP contribution in [0.5, 0.6) is 0 Å². The van der Waals surface area contributed by atoms with Crippen molar-refractivity contribution in [1.29, 1.82) is 0 Å². The number of ether oxygens (including phenoxy) is 1. The number of amides is 2. The van der Waals surface area contributed by atoms with Gasteiger partial charge in [0.05, 0.1) is 5.60 Å². The van der Waals surface area contributed by atoms with Crippen molar-refractivity contribution < 1.29 is 19.4 Å². The van der Waals surface area contributed by atoms with Crippen LogP contribution in [0.15, 0.2) is 5.10 Å². The number of likely N-dealkylation sites (N-methyl/N-ethyl adjacent to an activating group) is 1. The van der Waals surface area contributed by atoms with Crippen LogP contribution in [-0.2, 0) is 14.3 Å². The lowest BCUT2D eigenvalue weighted by atomic mass is 9.93. The van der Waals surface area contributed by atoms with Gasteiger partial charge in [-0.25, -0.2) is 5.43 Å². The number of nitrogens with one attached hydrogen (secondary N) is 1. The van der Waals surface area contributed by atoms with Gasteiger partial charge in [-0.05, 0) is 0 Å². The molecule has 106 valence electrons. The number of aliphatic hydroxyl groups is 1. The highest BCUT2D eigenvalue weighted by Gasteiger charge is 2.33. The monoisotopic (exact) mass is 269 g/mol. The lowest BCUT2D eigenvalue weighted by Gasteiger charge is -2.35. The van der Waals surface area contributed by atoms with Crippen LogP contribution in [0, 0.1) is 0 Å². The van der Waals surface area contributed by atoms with E-state index in [1.807, 2.05) is 0 Å². The molecule has 0 aromatic rings. The van der Waals surface area contributed by atoms with Gasteiger partial charge in [-0.2, -0.15) is 5.10 Å². The molecular weight excluding hydrogens is 250 g/mol. The van der Waals surface area contributed by atoms with E-state index in [1.165, 1.54) is 4.90 Å². The molecule has 2 aliphatic rings. The number of nitrogens with zero attached hydrogens (tertiary/aromatic N) is 2. The molecular formula is C12H19N3O4. The molecule has 0 radical (unpaired) electrons. The standard InChI is InChI=1S/C12H19N3O4/c1-15(8-12(18)4-6-19-7-5-12)11(17)9-2-3-10(16)14-13-9/h18H,2-8H2,1H3,(H,14,16). The van der Waals surface area contributed by atoms with Gasteiger partial charge in [0.15, 0.2) is 0 Å². The molecule has 19 heavy (non-hydrogen) atoms. The second kappa shape index (κ2) is 5.66. The minimum absolute atomic E-state index is 0.178. The number of carbonyl (C=O) groups excluding carboxylic acids is 2. The van der Waals surface area contributed by atoms with Gasteiger partial charge in [0.1, 0.15) is 5.71 Å². The number of hydrazone groups is 1. The molecule has 2 heterocycles. The molecule has 0 bridgehead atoms. The van der Waals surface area contributed by atoms with Crippen molar-refractivity contribution in [1.82, 2.24) is 10.3 Å². The number of hydrogen-bond donors (Lipinski definition) is 2. The van der Waals surface area contributed by atoms with Crippen LogP contribution >= 0.6 is 0 Å². The lowest BCUT2D eigenvalue weighted by Crippen LogP contribution is -2.49. The summed E-state index contributed by atoms with van der Waals surface area (Å²) in [5, 5.41) is 14.1. The highest BCUT2D eigenvalue weighted by Crippen LogP contribution is 2.21. The fraction of sp³-hybridized carbons (Fsp3) is 0.750. The van der Waals surface area contributed by atoms with E-state index >= 15 is 0 Å². The Labute approximate surface area is 111 Å². The molecule has 1 fully saturated rings. The van der Waals surface area contributed by atoms with Crippen LogP contribution < -0.4 is 5.43 Å². The fourth-order valence-corrected chi connectivity index (χ4v) is 2.27. The first-order valence-corrected chi connectivity index (χ1v) is 6.41. The van der Waals surface area contributed by atoms with Gasteiger partial charge in [0.2, 0.25) is 5.91 Å². The van der Waals surface area contributed by atoms with E-state index in [4.69, 9.17) is 4.74 Å². The van der Waals surface area contributed by atoms with Crippen molar-refractivity contribution in [2.45, 2.75) is 31.3 Å². The predicted molar refractivity (Wildman–Crippen MR) is 67.5 cm³/mol. The summed E-state index contributed by atoms with van der Waals surface area (Å²) < 4.78 is 5.20. The summed E-state index contributed by atoms with van der Waals surface area (Å²) in [6, 6.07) is 0. The molecule has 2 N–H and O–H groups in total. The first kappa shape index (κ1) is 14.0. The van der Waals surface area contributed by atoms with Gasteiger partial charge in [-0.15, -0.1) is 0 Å². The summed E-state index contributed by atoms with van der Waals surface area (Å²) >= 11 is 0. The summed E-state index contributed by atoms with van der Waals surface area (Å²) in [6.45, 7) is 1.27. The molecule has 0 unspecified atom stereocenters. The van der Waals surface area contributed by atoms with Crippen molar-refractivity contribution in [3.8, 4) is 0 Å². The van der Waals surface area contributed by atoms with Crippen LogP contribution in [-0.4, -0.2) is 59.9 Å². The summed E-state index contributed by atoms with van der Waals surface area (Å²) in [5.74, 6) is -0.429. The van der Waals surface area contributed by atoms with Gasteiger partial charge >= 0.3 is 0 Å². The van der Waals surface area contributed by atoms with E-state index in [0.717, 1.165) is 0 Å². The van der Waals surface area contributed by atoms with Crippen molar-refractivity contribution in [2.75, 3.05) is 26.8 Å². The van der Waals surface area contributed by atoms with Crippen LogP contribution in [0.4, 0.5) is 0 Å². The molecule has 2 amide bonds. The van der Waals surface area contributed by atoms with E-state index < -0.39 is 5.60 Å². The highest BCUT2D eigenvalue weighted by atomic mass is 16.5. The third-order valence-electron chi connectivity index (χ3n) is 3.45. The smallest absolute Gasteiger partial charge is 0.269 e. The maximum absolute atomic E-state index is 12.1. The minimum Gasteiger partial charge on any atom is -0.388 e. The second-order valence-electron chi connectivity index (χ2n) is 5.09. The van der Waals surface area contributed by atoms with Crippen molar-refractivity contribution in [3.63, 3.8) is 0 Å². The minimum atomic E-state index is -0.888. The summed E-state index contributed by atoms with van der Waals surface area (Å²) in [5.41, 5.74) is 1.74. The molecule has 2 rings (SSSR count). The Bertz CT molecular complexity index is 402. The lowest BCUT2D eigenvalue weighted by molar-refractivity contribution is -0.130. The molecule has 1 saturated heterocycles. The van der Waals surface area contributed by atoms with Crippen molar-refractivity contribution >= 4 is 17.5 Å². The van der Waals surface area contributed by atoms with Crippen LogP contribution in [0.1, 0.15) is 25.7 Å². The Balaban J connectivity index is 1.93. The molecule has 7 nitrogen and oxygen atoms in total. The van der Waals surface area contributed by atoms with E-state index in [2.05, 4.69) is 10.5 Å². The number of rotatable bonds is 3. The highest BCUT2D eigenvalue weighted by molar-refractivity contribution is 6.39. The Morgan fingerprint density at radius 1 is 1.47 bits per heavy atom. The number of carbonyl (C=O) groups is 2. The molecule has 0 aromatic heterocycles. The zero-order valence-corrected chi connectivity index (χ0v) is 11.0. The molecule has 0 spiro atoms. The predicted octanol–water partition coefficient (Wildman–Crippen LogP) is -0.748. The zero-order valence-electron chi connectivity index (χ0n) is 11.0. The maximum Gasteiger partial charge on any atom is 0.269 e. The summed E-state index contributed by atoms with van der Waals surface area (Å²) in [4.78, 5) is 24.6. The molecule has 0 saturated carbocycles. The van der Waals surface area contributed by atoms with Crippen LogP contribution in [0.3, 0.4) is 0 Å². The molecule has 0 atom stereocenters. The SMILES string of the molecule is CN(CC1(O)CCOCC1)C(=O)C1=NNC(=O)CC1. The van der Waals surface area contributed by atoms with E-state index in [-0.39, 0.29) is 24.8 Å². The first-order valence-electron chi connectivity index (χ1n) is 6.41. The quantitative estimate of drug-likeness (QED) is 0.705. The first-order chi connectivity index (χ1) is 9.00. The Hall–Kier alpha value is -1.47. The largest absolute Gasteiger partial charge is 0.388 e. The fourth-order valence-electron chi connectivity index (χ4n) is 2.27. The van der Waals surface area contributed by atoms with Crippen LogP contribution in [0.2, 0.25) is 0 Å². The van der Waals surface area contributed by atoms with E-state index in [0.29, 0.717) is 38.2 Å². The van der Waals surface area contributed by atoms with Gasteiger partial charge in [0.25, 0.3) is 5.91 Å². The second-order valence-corrected chi connectivity index (χ2v) is 5.09. The Morgan fingerprint density at radius 2 is 2.16 bits per heavy atom. The molecule has 0 aromatic carbocycles. The van der Waals surface area contributed by atoms with Crippen molar-refractivity contribution in [3.05, 3.63) is 0 Å². The third kappa shape index (κ3) is 3.51. The average molecular weight is 269 g/mol.